The monoisotopic (exact) mass is 378 g/mol. The minimum atomic E-state index is -1.70. The molecule has 0 bridgehead atoms. The van der Waals surface area contributed by atoms with Gasteiger partial charge < -0.3 is 20.1 Å². The molecule has 28 heavy (non-hydrogen) atoms. The van der Waals surface area contributed by atoms with E-state index in [2.05, 4.69) is 5.32 Å². The fourth-order valence-electron chi connectivity index (χ4n) is 3.11. The Labute approximate surface area is 163 Å². The van der Waals surface area contributed by atoms with E-state index in [1.807, 2.05) is 72.4 Å². The summed E-state index contributed by atoms with van der Waals surface area (Å²) in [5.74, 6) is -1.80. The maximum atomic E-state index is 12.7. The van der Waals surface area contributed by atoms with Crippen molar-refractivity contribution in [3.8, 4) is 5.69 Å². The Hall–Kier alpha value is -3.38. The Morgan fingerprint density at radius 3 is 2.32 bits per heavy atom. The van der Waals surface area contributed by atoms with Crippen LogP contribution in [0.25, 0.3) is 5.69 Å². The van der Waals surface area contributed by atoms with Gasteiger partial charge in [0.15, 0.2) is 6.10 Å². The van der Waals surface area contributed by atoms with E-state index in [9.17, 15) is 19.8 Å². The molecule has 2 aromatic carbocycles. The van der Waals surface area contributed by atoms with Crippen LogP contribution in [-0.2, 0) is 11.2 Å². The number of nitrogens with one attached hydrogen (secondary N) is 1. The average Bonchev–Trinajstić information content (AvgIpc) is 3.22. The Morgan fingerprint density at radius 1 is 1.04 bits per heavy atom. The number of hydrogen-bond donors (Lipinski definition) is 3. The van der Waals surface area contributed by atoms with Crippen LogP contribution >= 0.6 is 0 Å². The molecule has 3 rings (SSSR count). The van der Waals surface area contributed by atoms with E-state index < -0.39 is 24.0 Å². The summed E-state index contributed by atoms with van der Waals surface area (Å²) < 4.78 is 1.95. The lowest BCUT2D eigenvalue weighted by molar-refractivity contribution is -0.148. The highest BCUT2D eigenvalue weighted by Crippen LogP contribution is 2.17. The fraction of sp³-hybridized carbons (Fsp3) is 0.182. The molecule has 0 aliphatic heterocycles. The van der Waals surface area contributed by atoms with Crippen molar-refractivity contribution in [2.75, 3.05) is 0 Å². The summed E-state index contributed by atoms with van der Waals surface area (Å²) in [6.45, 7) is 1.90. The van der Waals surface area contributed by atoms with Crippen molar-refractivity contribution in [3.05, 3.63) is 89.7 Å². The normalized spacial score (nSPS) is 12.9. The lowest BCUT2D eigenvalue weighted by atomic mass is 10.0. The van der Waals surface area contributed by atoms with E-state index in [0.29, 0.717) is 5.56 Å². The lowest BCUT2D eigenvalue weighted by Gasteiger charge is -2.22. The third-order valence-corrected chi connectivity index (χ3v) is 4.59. The molecular formula is C22H22N2O4. The van der Waals surface area contributed by atoms with Gasteiger partial charge in [0.2, 0.25) is 0 Å². The molecule has 0 fully saturated rings. The molecule has 0 unspecified atom stereocenters. The number of hydrogen-bond acceptors (Lipinski definition) is 3. The fourth-order valence-corrected chi connectivity index (χ4v) is 3.11. The number of carbonyl (C=O) groups is 2. The maximum Gasteiger partial charge on any atom is 0.334 e. The number of aryl methyl sites for hydroxylation is 1. The molecule has 0 saturated carbocycles. The number of aliphatic hydroxyl groups is 1. The summed E-state index contributed by atoms with van der Waals surface area (Å²) in [5.41, 5.74) is 3.09. The molecule has 3 N–H and O–H groups in total. The zero-order valence-electron chi connectivity index (χ0n) is 15.4. The number of aliphatic carboxylic acids is 1. The number of rotatable bonds is 7. The molecule has 6 nitrogen and oxygen atoms in total. The smallest absolute Gasteiger partial charge is 0.334 e. The van der Waals surface area contributed by atoms with Crippen LogP contribution in [0.15, 0.2) is 73.1 Å². The van der Waals surface area contributed by atoms with Gasteiger partial charge >= 0.3 is 5.97 Å². The van der Waals surface area contributed by atoms with E-state index in [0.717, 1.165) is 16.8 Å². The molecule has 2 atom stereocenters. The van der Waals surface area contributed by atoms with Crippen molar-refractivity contribution < 1.29 is 19.8 Å². The molecule has 144 valence electrons. The van der Waals surface area contributed by atoms with Crippen LogP contribution in [0.5, 0.6) is 0 Å². The predicted octanol–water partition coefficient (Wildman–Crippen LogP) is 2.57. The molecule has 0 spiro atoms. The molecule has 1 aromatic heterocycles. The summed E-state index contributed by atoms with van der Waals surface area (Å²) in [4.78, 5) is 24.0. The zero-order valence-corrected chi connectivity index (χ0v) is 15.4. The highest BCUT2D eigenvalue weighted by atomic mass is 16.4. The summed E-state index contributed by atoms with van der Waals surface area (Å²) in [5, 5.41) is 21.9. The number of aromatic nitrogens is 1. The van der Waals surface area contributed by atoms with Crippen molar-refractivity contribution >= 4 is 11.9 Å². The van der Waals surface area contributed by atoms with Crippen molar-refractivity contribution in [1.82, 2.24) is 9.88 Å². The van der Waals surface area contributed by atoms with Crippen molar-refractivity contribution in [1.29, 1.82) is 0 Å². The third-order valence-electron chi connectivity index (χ3n) is 4.59. The van der Waals surface area contributed by atoms with Gasteiger partial charge in [-0.2, -0.15) is 0 Å². The summed E-state index contributed by atoms with van der Waals surface area (Å²) in [6.07, 6.45) is 2.34. The largest absolute Gasteiger partial charge is 0.479 e. The van der Waals surface area contributed by atoms with E-state index in [4.69, 9.17) is 0 Å². The molecule has 1 heterocycles. The van der Waals surface area contributed by atoms with Crippen LogP contribution < -0.4 is 5.32 Å². The number of carboxylic acid groups (broad SMARTS) is 1. The third kappa shape index (κ3) is 4.47. The van der Waals surface area contributed by atoms with Crippen LogP contribution in [-0.4, -0.2) is 38.8 Å². The van der Waals surface area contributed by atoms with Crippen molar-refractivity contribution in [2.45, 2.75) is 25.5 Å². The van der Waals surface area contributed by atoms with Gasteiger partial charge in [0.25, 0.3) is 5.91 Å². The van der Waals surface area contributed by atoms with Gasteiger partial charge in [0.1, 0.15) is 0 Å². The molecule has 0 saturated heterocycles. The van der Waals surface area contributed by atoms with Crippen LogP contribution in [0.4, 0.5) is 0 Å². The Morgan fingerprint density at radius 2 is 1.71 bits per heavy atom. The second-order valence-corrected chi connectivity index (χ2v) is 6.64. The topological polar surface area (TPSA) is 91.6 Å². The SMILES string of the molecule is Cc1cc(C(=O)N[C@H](Cc2ccccc2)[C@@H](O)C(=O)O)ccc1-n1cccc1. The highest BCUT2D eigenvalue weighted by Gasteiger charge is 2.28. The quantitative estimate of drug-likeness (QED) is 0.589. The minimum absolute atomic E-state index is 0.209. The second kappa shape index (κ2) is 8.54. The highest BCUT2D eigenvalue weighted by molar-refractivity contribution is 5.95. The first kappa shape index (κ1) is 19.4. The van der Waals surface area contributed by atoms with E-state index >= 15 is 0 Å². The van der Waals surface area contributed by atoms with Crippen LogP contribution in [0.2, 0.25) is 0 Å². The molecule has 0 radical (unpaired) electrons. The number of amides is 1. The van der Waals surface area contributed by atoms with Gasteiger partial charge in [-0.15, -0.1) is 0 Å². The predicted molar refractivity (Wildman–Crippen MR) is 106 cm³/mol. The van der Waals surface area contributed by atoms with Crippen LogP contribution in [0, 0.1) is 6.92 Å². The van der Waals surface area contributed by atoms with E-state index in [1.54, 1.807) is 12.1 Å². The Balaban J connectivity index is 1.79. The first-order valence-electron chi connectivity index (χ1n) is 8.95. The molecule has 1 amide bonds. The summed E-state index contributed by atoms with van der Waals surface area (Å²) in [7, 11) is 0. The number of aliphatic hydroxyl groups excluding tert-OH is 1. The van der Waals surface area contributed by atoms with Crippen LogP contribution in [0.1, 0.15) is 21.5 Å². The first-order valence-corrected chi connectivity index (χ1v) is 8.95. The first-order chi connectivity index (χ1) is 13.5. The number of benzene rings is 2. The van der Waals surface area contributed by atoms with Crippen molar-refractivity contribution in [2.24, 2.45) is 0 Å². The van der Waals surface area contributed by atoms with Crippen LogP contribution in [0.3, 0.4) is 0 Å². The second-order valence-electron chi connectivity index (χ2n) is 6.64. The van der Waals surface area contributed by atoms with Gasteiger partial charge in [0.05, 0.1) is 6.04 Å². The molecule has 0 aliphatic carbocycles. The summed E-state index contributed by atoms with van der Waals surface area (Å²) >= 11 is 0. The van der Waals surface area contributed by atoms with Gasteiger partial charge in [-0.3, -0.25) is 4.79 Å². The molecular weight excluding hydrogens is 356 g/mol. The van der Waals surface area contributed by atoms with Gasteiger partial charge in [-0.05, 0) is 54.8 Å². The van der Waals surface area contributed by atoms with E-state index in [1.165, 1.54) is 0 Å². The van der Waals surface area contributed by atoms with Gasteiger partial charge in [0, 0.05) is 23.6 Å². The van der Waals surface area contributed by atoms with Crippen molar-refractivity contribution in [3.63, 3.8) is 0 Å². The molecule has 6 heteroatoms. The molecule has 3 aromatic rings. The lowest BCUT2D eigenvalue weighted by Crippen LogP contribution is -2.48. The molecule has 0 aliphatic rings. The summed E-state index contributed by atoms with van der Waals surface area (Å²) in [6, 6.07) is 17.3. The maximum absolute atomic E-state index is 12.7. The average molecular weight is 378 g/mol. The van der Waals surface area contributed by atoms with Gasteiger partial charge in [-0.25, -0.2) is 4.79 Å². The number of carboxylic acids is 1. The number of nitrogens with zero attached hydrogens (tertiary/aromatic N) is 1. The van der Waals surface area contributed by atoms with Gasteiger partial charge in [-0.1, -0.05) is 30.3 Å². The number of carbonyl (C=O) groups excluding carboxylic acids is 1. The Bertz CT molecular complexity index is 952. The standard InChI is InChI=1S/C22H22N2O4/c1-15-13-17(9-10-19(15)24-11-5-6-12-24)21(26)23-18(20(25)22(27)28)14-16-7-3-2-4-8-16/h2-13,18,20,25H,14H2,1H3,(H,23,26)(H,27,28)/t18-,20-/m1/s1. The zero-order chi connectivity index (χ0) is 20.1. The minimum Gasteiger partial charge on any atom is -0.479 e. The van der Waals surface area contributed by atoms with E-state index in [-0.39, 0.29) is 6.42 Å². The Kier molecular flexibility index (Phi) is 5.91.